The molecule has 7 nitrogen and oxygen atoms in total. The number of carbonyl (C=O) groups is 1. The molecule has 0 unspecified atom stereocenters. The maximum Gasteiger partial charge on any atom is 0.251 e. The van der Waals surface area contributed by atoms with Gasteiger partial charge in [-0.15, -0.1) is 0 Å². The van der Waals surface area contributed by atoms with Crippen molar-refractivity contribution in [2.24, 2.45) is 0 Å². The summed E-state index contributed by atoms with van der Waals surface area (Å²) in [6.45, 7) is 0.834. The third-order valence-electron chi connectivity index (χ3n) is 4.27. The molecular formula is C22H19N5O2. The van der Waals surface area contributed by atoms with E-state index < -0.39 is 0 Å². The first-order valence-corrected chi connectivity index (χ1v) is 9.12. The number of carbonyl (C=O) groups excluding carboxylic acids is 1. The molecule has 4 aromatic rings. The molecule has 0 fully saturated rings. The number of benzene rings is 1. The van der Waals surface area contributed by atoms with E-state index in [0.717, 1.165) is 17.0 Å². The van der Waals surface area contributed by atoms with Crippen molar-refractivity contribution in [2.45, 2.75) is 13.2 Å². The number of rotatable bonds is 7. The van der Waals surface area contributed by atoms with Crippen molar-refractivity contribution in [2.75, 3.05) is 0 Å². The number of aromatic nitrogens is 4. The topological polar surface area (TPSA) is 81.9 Å². The first-order valence-electron chi connectivity index (χ1n) is 9.12. The zero-order valence-electron chi connectivity index (χ0n) is 15.6. The zero-order chi connectivity index (χ0) is 19.9. The Balaban J connectivity index is 1.32. The van der Waals surface area contributed by atoms with E-state index in [1.165, 1.54) is 0 Å². The Kier molecular flexibility index (Phi) is 5.57. The molecule has 144 valence electrons. The Hall–Kier alpha value is -4.00. The second-order valence-corrected chi connectivity index (χ2v) is 6.31. The van der Waals surface area contributed by atoms with Gasteiger partial charge < -0.3 is 10.1 Å². The first-order chi connectivity index (χ1) is 14.3. The van der Waals surface area contributed by atoms with Crippen molar-refractivity contribution in [3.63, 3.8) is 0 Å². The Labute approximate surface area is 168 Å². The quantitative estimate of drug-likeness (QED) is 0.528. The zero-order valence-corrected chi connectivity index (χ0v) is 15.6. The van der Waals surface area contributed by atoms with Gasteiger partial charge in [-0.1, -0.05) is 18.2 Å². The molecule has 0 bridgehead atoms. The molecule has 0 aliphatic rings. The van der Waals surface area contributed by atoms with Gasteiger partial charge in [0.05, 0.1) is 5.69 Å². The summed E-state index contributed by atoms with van der Waals surface area (Å²) in [6, 6.07) is 16.8. The van der Waals surface area contributed by atoms with Gasteiger partial charge in [0.1, 0.15) is 24.5 Å². The largest absolute Gasteiger partial charge is 0.487 e. The summed E-state index contributed by atoms with van der Waals surface area (Å²) in [4.78, 5) is 25.0. The highest BCUT2D eigenvalue weighted by Gasteiger charge is 2.08. The average molecular weight is 385 g/mol. The number of imidazole rings is 1. The summed E-state index contributed by atoms with van der Waals surface area (Å²) in [6.07, 6.45) is 8.44. The van der Waals surface area contributed by atoms with Crippen LogP contribution in [0.1, 0.15) is 21.6 Å². The van der Waals surface area contributed by atoms with E-state index in [2.05, 4.69) is 20.3 Å². The molecule has 4 rings (SSSR count). The van der Waals surface area contributed by atoms with E-state index in [-0.39, 0.29) is 5.91 Å². The van der Waals surface area contributed by atoms with Gasteiger partial charge in [-0.05, 0) is 42.0 Å². The van der Waals surface area contributed by atoms with E-state index in [9.17, 15) is 4.79 Å². The molecule has 29 heavy (non-hydrogen) atoms. The number of nitrogens with one attached hydrogen (secondary N) is 1. The molecule has 0 aliphatic carbocycles. The van der Waals surface area contributed by atoms with Gasteiger partial charge >= 0.3 is 0 Å². The third-order valence-corrected chi connectivity index (χ3v) is 4.27. The lowest BCUT2D eigenvalue weighted by atomic mass is 10.2. The van der Waals surface area contributed by atoms with Crippen LogP contribution < -0.4 is 10.1 Å². The Morgan fingerprint density at radius 3 is 2.66 bits per heavy atom. The van der Waals surface area contributed by atoms with Crippen LogP contribution in [0, 0.1) is 0 Å². The van der Waals surface area contributed by atoms with Gasteiger partial charge in [0.25, 0.3) is 5.91 Å². The summed E-state index contributed by atoms with van der Waals surface area (Å²) in [5, 5.41) is 2.92. The lowest BCUT2D eigenvalue weighted by Gasteiger charge is -2.09. The van der Waals surface area contributed by atoms with Crippen LogP contribution in [0.4, 0.5) is 0 Å². The number of hydrogen-bond acceptors (Lipinski definition) is 5. The number of pyridine rings is 2. The highest BCUT2D eigenvalue weighted by molar-refractivity contribution is 5.94. The smallest absolute Gasteiger partial charge is 0.251 e. The number of amides is 1. The maximum absolute atomic E-state index is 12.5. The van der Waals surface area contributed by atoms with E-state index in [1.54, 1.807) is 47.8 Å². The molecule has 0 radical (unpaired) electrons. The van der Waals surface area contributed by atoms with Gasteiger partial charge in [-0.3, -0.25) is 14.3 Å². The van der Waals surface area contributed by atoms with Crippen LogP contribution in [0.15, 0.2) is 85.7 Å². The molecule has 1 N–H and O–H groups in total. The number of nitrogens with zero attached hydrogens (tertiary/aromatic N) is 4. The van der Waals surface area contributed by atoms with Crippen molar-refractivity contribution in [1.82, 2.24) is 24.8 Å². The molecule has 0 aliphatic heterocycles. The van der Waals surface area contributed by atoms with Crippen molar-refractivity contribution in [1.29, 1.82) is 0 Å². The van der Waals surface area contributed by atoms with Crippen LogP contribution in [-0.4, -0.2) is 25.4 Å². The highest BCUT2D eigenvalue weighted by Crippen LogP contribution is 2.14. The van der Waals surface area contributed by atoms with Crippen LogP contribution in [0.3, 0.4) is 0 Å². The van der Waals surface area contributed by atoms with Crippen LogP contribution in [0.25, 0.3) is 5.82 Å². The van der Waals surface area contributed by atoms with E-state index in [1.807, 2.05) is 42.5 Å². The third kappa shape index (κ3) is 4.84. The van der Waals surface area contributed by atoms with Gasteiger partial charge in [-0.25, -0.2) is 9.97 Å². The summed E-state index contributed by atoms with van der Waals surface area (Å²) in [5.41, 5.74) is 2.39. The van der Waals surface area contributed by atoms with E-state index in [0.29, 0.717) is 24.5 Å². The van der Waals surface area contributed by atoms with Crippen LogP contribution in [0.2, 0.25) is 0 Å². The monoisotopic (exact) mass is 385 g/mol. The second kappa shape index (κ2) is 8.79. The predicted molar refractivity (Wildman–Crippen MR) is 108 cm³/mol. The number of ether oxygens (including phenoxy) is 1. The van der Waals surface area contributed by atoms with Crippen LogP contribution in [-0.2, 0) is 13.2 Å². The van der Waals surface area contributed by atoms with Gasteiger partial charge in [0.15, 0.2) is 0 Å². The summed E-state index contributed by atoms with van der Waals surface area (Å²) in [5.74, 6) is 1.23. The van der Waals surface area contributed by atoms with Crippen molar-refractivity contribution < 1.29 is 9.53 Å². The predicted octanol–water partition coefficient (Wildman–Crippen LogP) is 3.17. The molecule has 0 saturated heterocycles. The summed E-state index contributed by atoms with van der Waals surface area (Å²) >= 11 is 0. The summed E-state index contributed by atoms with van der Waals surface area (Å²) < 4.78 is 7.48. The molecule has 0 spiro atoms. The summed E-state index contributed by atoms with van der Waals surface area (Å²) in [7, 11) is 0. The fourth-order valence-corrected chi connectivity index (χ4v) is 2.72. The van der Waals surface area contributed by atoms with Gasteiger partial charge in [-0.2, -0.15) is 0 Å². The molecule has 0 atom stereocenters. The Morgan fingerprint density at radius 2 is 1.90 bits per heavy atom. The minimum absolute atomic E-state index is 0.163. The SMILES string of the molecule is O=C(NCc1ccc(OCc2ccccn2)cc1)c1ccnc(-n2ccnc2)c1. The van der Waals surface area contributed by atoms with Gasteiger partial charge in [0.2, 0.25) is 0 Å². The fraction of sp³-hybridized carbons (Fsp3) is 0.0909. The molecular weight excluding hydrogens is 366 g/mol. The second-order valence-electron chi connectivity index (χ2n) is 6.31. The Bertz CT molecular complexity index is 1060. The van der Waals surface area contributed by atoms with E-state index >= 15 is 0 Å². The van der Waals surface area contributed by atoms with Crippen molar-refractivity contribution >= 4 is 5.91 Å². The van der Waals surface area contributed by atoms with Crippen LogP contribution in [0.5, 0.6) is 5.75 Å². The standard InChI is InChI=1S/C22H19N5O2/c28-22(18-8-10-25-21(13-18)27-12-11-23-16-27)26-14-17-4-6-20(7-5-17)29-15-19-3-1-2-9-24-19/h1-13,16H,14-15H2,(H,26,28). The first kappa shape index (κ1) is 18.4. The fourth-order valence-electron chi connectivity index (χ4n) is 2.72. The average Bonchev–Trinajstić information content (AvgIpc) is 3.33. The Morgan fingerprint density at radius 1 is 1.00 bits per heavy atom. The van der Waals surface area contributed by atoms with Crippen molar-refractivity contribution in [3.8, 4) is 11.6 Å². The molecule has 3 heterocycles. The molecule has 1 aromatic carbocycles. The van der Waals surface area contributed by atoms with E-state index in [4.69, 9.17) is 4.74 Å². The lowest BCUT2D eigenvalue weighted by Crippen LogP contribution is -2.23. The van der Waals surface area contributed by atoms with Gasteiger partial charge in [0, 0.05) is 36.9 Å². The minimum Gasteiger partial charge on any atom is -0.487 e. The molecule has 1 amide bonds. The molecule has 3 aromatic heterocycles. The normalized spacial score (nSPS) is 10.5. The molecule has 7 heteroatoms. The lowest BCUT2D eigenvalue weighted by molar-refractivity contribution is 0.0950. The minimum atomic E-state index is -0.163. The van der Waals surface area contributed by atoms with Crippen LogP contribution >= 0.6 is 0 Å². The maximum atomic E-state index is 12.5. The highest BCUT2D eigenvalue weighted by atomic mass is 16.5. The van der Waals surface area contributed by atoms with Crippen molar-refractivity contribution in [3.05, 3.63) is 103 Å². The molecule has 0 saturated carbocycles. The number of hydrogen-bond donors (Lipinski definition) is 1.